The van der Waals surface area contributed by atoms with E-state index >= 15 is 0 Å². The van der Waals surface area contributed by atoms with Crippen LogP contribution in [0.1, 0.15) is 48.5 Å². The highest BCUT2D eigenvalue weighted by Crippen LogP contribution is 2.31. The van der Waals surface area contributed by atoms with Crippen molar-refractivity contribution in [1.29, 1.82) is 0 Å². The van der Waals surface area contributed by atoms with Crippen molar-refractivity contribution in [3.8, 4) is 0 Å². The fourth-order valence-electron chi connectivity index (χ4n) is 3.10. The smallest absolute Gasteiger partial charge is 0.251 e. The Morgan fingerprint density at radius 3 is 2.77 bits per heavy atom. The van der Waals surface area contributed by atoms with E-state index in [0.717, 1.165) is 36.9 Å². The summed E-state index contributed by atoms with van der Waals surface area (Å²) in [5.41, 5.74) is 1.83. The van der Waals surface area contributed by atoms with Gasteiger partial charge in [0.15, 0.2) is 0 Å². The summed E-state index contributed by atoms with van der Waals surface area (Å²) in [6.07, 6.45) is 3.80. The predicted octanol–water partition coefficient (Wildman–Crippen LogP) is 1.63. The van der Waals surface area contributed by atoms with Gasteiger partial charge in [0.2, 0.25) is 5.91 Å². The highest BCUT2D eigenvalue weighted by atomic mass is 16.3. The van der Waals surface area contributed by atoms with Crippen molar-refractivity contribution in [2.24, 2.45) is 0 Å². The molecule has 0 saturated heterocycles. The zero-order valence-electron chi connectivity index (χ0n) is 12.9. The standard InChI is InChI=1S/C17H22N2O3/c1-2-15(20)19-9-6-12-10-13(4-5-14(12)19)16(21)18-11-17(22)7-3-8-17/h4-5,10,22H,2-3,6-9,11H2,1H3,(H,18,21). The third-order valence-electron chi connectivity index (χ3n) is 4.70. The van der Waals surface area contributed by atoms with Crippen molar-refractivity contribution >= 4 is 17.5 Å². The van der Waals surface area contributed by atoms with E-state index in [-0.39, 0.29) is 11.8 Å². The zero-order valence-corrected chi connectivity index (χ0v) is 12.9. The van der Waals surface area contributed by atoms with E-state index in [0.29, 0.717) is 25.1 Å². The van der Waals surface area contributed by atoms with Gasteiger partial charge in [-0.3, -0.25) is 9.59 Å². The minimum Gasteiger partial charge on any atom is -0.388 e. The topological polar surface area (TPSA) is 69.6 Å². The summed E-state index contributed by atoms with van der Waals surface area (Å²) in [5.74, 6) is -0.0495. The maximum Gasteiger partial charge on any atom is 0.251 e. The van der Waals surface area contributed by atoms with Crippen molar-refractivity contribution < 1.29 is 14.7 Å². The van der Waals surface area contributed by atoms with Crippen LogP contribution < -0.4 is 10.2 Å². The van der Waals surface area contributed by atoms with Gasteiger partial charge in [-0.2, -0.15) is 0 Å². The third-order valence-corrected chi connectivity index (χ3v) is 4.70. The molecule has 0 atom stereocenters. The first kappa shape index (κ1) is 15.0. The van der Waals surface area contributed by atoms with Crippen LogP contribution in [0, 0.1) is 0 Å². The number of carbonyl (C=O) groups is 2. The van der Waals surface area contributed by atoms with Crippen LogP contribution in [0.15, 0.2) is 18.2 Å². The van der Waals surface area contributed by atoms with E-state index in [2.05, 4.69) is 5.32 Å². The molecule has 5 heteroatoms. The average Bonchev–Trinajstić information content (AvgIpc) is 2.93. The largest absolute Gasteiger partial charge is 0.388 e. The van der Waals surface area contributed by atoms with Gasteiger partial charge in [-0.15, -0.1) is 0 Å². The van der Waals surface area contributed by atoms with Crippen LogP contribution in [0.25, 0.3) is 0 Å². The SMILES string of the molecule is CCC(=O)N1CCc2cc(C(=O)NCC3(O)CCC3)ccc21. The van der Waals surface area contributed by atoms with Gasteiger partial charge in [0, 0.05) is 30.8 Å². The van der Waals surface area contributed by atoms with Gasteiger partial charge in [-0.25, -0.2) is 0 Å². The Morgan fingerprint density at radius 1 is 1.36 bits per heavy atom. The molecule has 2 aliphatic rings. The predicted molar refractivity (Wildman–Crippen MR) is 83.9 cm³/mol. The molecule has 22 heavy (non-hydrogen) atoms. The van der Waals surface area contributed by atoms with Crippen LogP contribution in [-0.4, -0.2) is 35.6 Å². The molecule has 2 N–H and O–H groups in total. The number of amides is 2. The van der Waals surface area contributed by atoms with Crippen LogP contribution in [0.5, 0.6) is 0 Å². The molecule has 1 aliphatic heterocycles. The number of hydrogen-bond acceptors (Lipinski definition) is 3. The molecule has 118 valence electrons. The molecule has 1 heterocycles. The lowest BCUT2D eigenvalue weighted by molar-refractivity contribution is -0.118. The van der Waals surface area contributed by atoms with E-state index in [4.69, 9.17) is 0 Å². The van der Waals surface area contributed by atoms with E-state index in [1.807, 2.05) is 19.1 Å². The maximum absolute atomic E-state index is 12.2. The first-order chi connectivity index (χ1) is 10.5. The summed E-state index contributed by atoms with van der Waals surface area (Å²) in [6, 6.07) is 5.46. The number of hydrogen-bond donors (Lipinski definition) is 2. The molecule has 0 aromatic heterocycles. The van der Waals surface area contributed by atoms with Gasteiger partial charge < -0.3 is 15.3 Å². The second-order valence-electron chi connectivity index (χ2n) is 6.25. The van der Waals surface area contributed by atoms with E-state index in [9.17, 15) is 14.7 Å². The quantitative estimate of drug-likeness (QED) is 0.888. The highest BCUT2D eigenvalue weighted by Gasteiger charge is 2.34. The number of aliphatic hydroxyl groups is 1. The van der Waals surface area contributed by atoms with E-state index in [1.165, 1.54) is 0 Å². The normalized spacial score (nSPS) is 18.5. The molecule has 3 rings (SSSR count). The molecule has 0 radical (unpaired) electrons. The number of benzene rings is 1. The van der Waals surface area contributed by atoms with Crippen LogP contribution >= 0.6 is 0 Å². The Balaban J connectivity index is 1.68. The first-order valence-corrected chi connectivity index (χ1v) is 7.96. The Bertz CT molecular complexity index is 608. The zero-order chi connectivity index (χ0) is 15.7. The van der Waals surface area contributed by atoms with Gasteiger partial charge in [0.1, 0.15) is 0 Å². The van der Waals surface area contributed by atoms with Crippen molar-refractivity contribution in [1.82, 2.24) is 5.32 Å². The number of rotatable bonds is 4. The van der Waals surface area contributed by atoms with Gasteiger partial charge in [-0.05, 0) is 49.4 Å². The molecule has 1 fully saturated rings. The lowest BCUT2D eigenvalue weighted by Gasteiger charge is -2.36. The molecule has 1 saturated carbocycles. The lowest BCUT2D eigenvalue weighted by Crippen LogP contribution is -2.47. The van der Waals surface area contributed by atoms with Crippen LogP contribution in [-0.2, 0) is 11.2 Å². The minimum absolute atomic E-state index is 0.114. The highest BCUT2D eigenvalue weighted by molar-refractivity contribution is 5.98. The second-order valence-corrected chi connectivity index (χ2v) is 6.25. The Hall–Kier alpha value is -1.88. The minimum atomic E-state index is -0.712. The Kier molecular flexibility index (Phi) is 3.91. The summed E-state index contributed by atoms with van der Waals surface area (Å²) < 4.78 is 0. The molecular formula is C17H22N2O3. The van der Waals surface area contributed by atoms with E-state index in [1.54, 1.807) is 11.0 Å². The fraction of sp³-hybridized carbons (Fsp3) is 0.529. The average molecular weight is 302 g/mol. The van der Waals surface area contributed by atoms with Gasteiger partial charge in [0.25, 0.3) is 5.91 Å². The second kappa shape index (κ2) is 5.72. The number of fused-ring (bicyclic) bond motifs is 1. The summed E-state index contributed by atoms with van der Waals surface area (Å²) in [4.78, 5) is 25.9. The van der Waals surface area contributed by atoms with Crippen molar-refractivity contribution in [3.63, 3.8) is 0 Å². The molecule has 0 spiro atoms. The molecular weight excluding hydrogens is 280 g/mol. The van der Waals surface area contributed by atoms with E-state index < -0.39 is 5.60 Å². The molecule has 5 nitrogen and oxygen atoms in total. The number of nitrogens with one attached hydrogen (secondary N) is 1. The fourth-order valence-corrected chi connectivity index (χ4v) is 3.10. The molecule has 1 aromatic rings. The van der Waals surface area contributed by atoms with Crippen molar-refractivity contribution in [2.45, 2.75) is 44.6 Å². The lowest BCUT2D eigenvalue weighted by atomic mass is 9.80. The Labute approximate surface area is 130 Å². The van der Waals surface area contributed by atoms with Crippen LogP contribution in [0.3, 0.4) is 0 Å². The number of anilines is 1. The van der Waals surface area contributed by atoms with Gasteiger partial charge in [-0.1, -0.05) is 6.92 Å². The third kappa shape index (κ3) is 2.73. The molecule has 0 bridgehead atoms. The summed E-state index contributed by atoms with van der Waals surface area (Å²) >= 11 is 0. The van der Waals surface area contributed by atoms with Crippen molar-refractivity contribution in [3.05, 3.63) is 29.3 Å². The molecule has 1 aliphatic carbocycles. The molecule has 2 amide bonds. The summed E-state index contributed by atoms with van der Waals surface area (Å²) in [6.45, 7) is 2.85. The van der Waals surface area contributed by atoms with Gasteiger partial charge >= 0.3 is 0 Å². The summed E-state index contributed by atoms with van der Waals surface area (Å²) in [7, 11) is 0. The summed E-state index contributed by atoms with van der Waals surface area (Å²) in [5, 5.41) is 12.8. The number of carbonyl (C=O) groups excluding carboxylic acids is 2. The van der Waals surface area contributed by atoms with Crippen LogP contribution in [0.4, 0.5) is 5.69 Å². The monoisotopic (exact) mass is 302 g/mol. The molecule has 1 aromatic carbocycles. The van der Waals surface area contributed by atoms with Crippen molar-refractivity contribution in [2.75, 3.05) is 18.0 Å². The van der Waals surface area contributed by atoms with Gasteiger partial charge in [0.05, 0.1) is 5.60 Å². The first-order valence-electron chi connectivity index (χ1n) is 7.96. The number of nitrogens with zero attached hydrogens (tertiary/aromatic N) is 1. The van der Waals surface area contributed by atoms with Crippen LogP contribution in [0.2, 0.25) is 0 Å². The molecule has 0 unspecified atom stereocenters. The maximum atomic E-state index is 12.2. The Morgan fingerprint density at radius 2 is 2.14 bits per heavy atom.